The number of hydrogen-bond donors (Lipinski definition) is 12. The van der Waals surface area contributed by atoms with E-state index >= 15 is 0 Å². The molecule has 0 unspecified atom stereocenters. The van der Waals surface area contributed by atoms with Gasteiger partial charge in [-0.05, 0) is 86.5 Å². The number of nitrogens with two attached hydrogens (primary N) is 1. The van der Waals surface area contributed by atoms with E-state index in [9.17, 15) is 83.1 Å². The number of ether oxygens (including phenoxy) is 9. The predicted molar refractivity (Wildman–Crippen MR) is 418 cm³/mol. The van der Waals surface area contributed by atoms with Crippen molar-refractivity contribution in [3.63, 3.8) is 0 Å². The van der Waals surface area contributed by atoms with Gasteiger partial charge in [0.25, 0.3) is 11.8 Å². The summed E-state index contributed by atoms with van der Waals surface area (Å²) in [4.78, 5) is 165. The molecule has 11 amide bonds. The van der Waals surface area contributed by atoms with Crippen LogP contribution < -0.4 is 42.4 Å². The molecule has 3 heterocycles. The predicted octanol–water partition coefficient (Wildman–Crippen LogP) is 1.39. The molecule has 2 fully saturated rings. The Morgan fingerprint density at radius 1 is 0.707 bits per heavy atom. The minimum Gasteiger partial charge on any atom is -0.479 e. The fraction of sp³-hybridized carbons (Fsp3) is 0.671. The zero-order chi connectivity index (χ0) is 86.0. The van der Waals surface area contributed by atoms with Gasteiger partial charge < -0.3 is 110 Å². The molecule has 17 atom stereocenters. The van der Waals surface area contributed by atoms with Crippen molar-refractivity contribution in [2.24, 2.45) is 29.4 Å². The average Bonchev–Trinajstić information content (AvgIpc) is 1.06. The Morgan fingerprint density at radius 2 is 1.35 bits per heavy atom. The molecule has 650 valence electrons. The highest BCUT2D eigenvalue weighted by molar-refractivity contribution is 6.15. The first kappa shape index (κ1) is 97.6. The van der Waals surface area contributed by atoms with E-state index in [1.807, 2.05) is 26.8 Å². The number of nitrogens with one attached hydrogen (secondary N) is 6. The highest BCUT2D eigenvalue weighted by atomic mass is 16.7. The SMILES string of the molecule is CCCNC(=O)[C@H](CCCCNC(=O)CCOCCOCCOCCOC(=O)Nc1cc(COC(=O)N(C)[C@H](C(=O)N[C@H](C(=O)N(C)[C@@H]([C@@H](C)CC)[C@@H](CC(=O)N2CCC[C@H]2[C@H](OC)[C@@H](C)C(=O)N[C@H](C)[C@@H](O)c2ccccc2)OC)C(C)C)C(C)C)ccc1O[C@@H]1O[C@H](C(=O)O)[C@@H](O)[C@H](O)[C@H]1O)NC(=O)[C@@H](CN)N1C(=O)C=CC1=O. The molecule has 0 bridgehead atoms. The highest BCUT2D eigenvalue weighted by Gasteiger charge is 2.49. The van der Waals surface area contributed by atoms with Gasteiger partial charge in [0.1, 0.15) is 61.4 Å². The quantitative estimate of drug-likeness (QED) is 0.0329. The molecular weight excluding hydrogens is 1520 g/mol. The molecule has 3 aliphatic rings. The number of likely N-dealkylation sites (N-methyl/N-ethyl adjacent to an activating group) is 2. The van der Waals surface area contributed by atoms with Gasteiger partial charge in [-0.2, -0.15) is 0 Å². The van der Waals surface area contributed by atoms with Crippen molar-refractivity contribution in [2.45, 2.75) is 218 Å². The molecule has 116 heavy (non-hydrogen) atoms. The Bertz CT molecular complexity index is 3540. The maximum absolute atomic E-state index is 14.9. The molecule has 0 aliphatic carbocycles. The standard InChI is InChI=1S/C79H123N11O26/c1-14-31-82-72(100)52(84-73(101)55(43-80)90-59(92)28-29-60(90)93)24-19-20-32-81-58(91)30-34-110-35-36-111-37-38-112-39-40-113-78(106)85-53-41-50(26-27-56(53)115-77-68(98)66(96)67(97)70(116-77)76(104)105)44-114-79(107)88(11)63(46(5)6)74(102)86-62(45(3)4)75(103)87(10)64(47(7)15-2)57(108-12)42-61(94)89-33-21-25-54(89)69(109-13)48(8)71(99)83-49(9)65(95)51-22-17-16-18-23-51/h16-18,22-23,26-29,41,45-49,52,54-55,57,62-70,77,95-98H,14-15,19-21,24-25,30-40,42-44,80H2,1-13H3,(H,81,91)(H,82,100)(H,83,99)(H,84,101)(H,85,106)(H,86,102)(H,104,105)/t47-,48+,49+,52-,54-,55+,57+,62-,63-,64-,65+,66-,67-,68+,69+,70-,77+/m0/s1. The third-order valence-electron chi connectivity index (χ3n) is 20.6. The first-order chi connectivity index (χ1) is 55.2. The van der Waals surface area contributed by atoms with Crippen LogP contribution in [0.15, 0.2) is 60.7 Å². The van der Waals surface area contributed by atoms with Crippen LogP contribution in [0.1, 0.15) is 137 Å². The summed E-state index contributed by atoms with van der Waals surface area (Å²) in [6, 6.07) is 6.43. The van der Waals surface area contributed by atoms with Gasteiger partial charge in [0.15, 0.2) is 6.10 Å². The van der Waals surface area contributed by atoms with E-state index in [2.05, 4.69) is 31.9 Å². The summed E-state index contributed by atoms with van der Waals surface area (Å²) in [5.74, 6) is -8.62. The number of benzene rings is 2. The van der Waals surface area contributed by atoms with Crippen molar-refractivity contribution in [1.29, 1.82) is 0 Å². The topological polar surface area (TPSA) is 500 Å². The Kier molecular flexibility index (Phi) is 41.4. The summed E-state index contributed by atoms with van der Waals surface area (Å²) >= 11 is 0. The van der Waals surface area contributed by atoms with Crippen LogP contribution in [0.25, 0.3) is 0 Å². The van der Waals surface area contributed by atoms with Crippen LogP contribution in [0.4, 0.5) is 15.3 Å². The van der Waals surface area contributed by atoms with Crippen molar-refractivity contribution >= 4 is 77.0 Å². The highest BCUT2D eigenvalue weighted by Crippen LogP contribution is 2.34. The van der Waals surface area contributed by atoms with Gasteiger partial charge in [-0.1, -0.05) is 98.2 Å². The van der Waals surface area contributed by atoms with E-state index in [1.165, 1.54) is 44.4 Å². The number of aliphatic carboxylic acids is 1. The zero-order valence-electron chi connectivity index (χ0n) is 68.8. The lowest BCUT2D eigenvalue weighted by atomic mass is 9.89. The number of methoxy groups -OCH3 is 2. The Labute approximate surface area is 677 Å². The third-order valence-corrected chi connectivity index (χ3v) is 20.6. The summed E-state index contributed by atoms with van der Waals surface area (Å²) in [5.41, 5.74) is 6.39. The average molecular weight is 1640 g/mol. The number of likely N-dealkylation sites (tertiary alicyclic amines) is 1. The first-order valence-electron chi connectivity index (χ1n) is 39.5. The van der Waals surface area contributed by atoms with Crippen LogP contribution in [0.2, 0.25) is 0 Å². The second-order valence-corrected chi connectivity index (χ2v) is 29.7. The van der Waals surface area contributed by atoms with Crippen LogP contribution in [0.5, 0.6) is 5.75 Å². The molecule has 2 aromatic carbocycles. The third kappa shape index (κ3) is 28.7. The van der Waals surface area contributed by atoms with Gasteiger partial charge in [0, 0.05) is 73.1 Å². The van der Waals surface area contributed by atoms with Crippen molar-refractivity contribution < 1.29 is 126 Å². The number of anilines is 1. The van der Waals surface area contributed by atoms with Crippen molar-refractivity contribution in [2.75, 3.05) is 106 Å². The molecule has 2 aromatic rings. The fourth-order valence-corrected chi connectivity index (χ4v) is 13.9. The minimum absolute atomic E-state index is 0.0456. The lowest BCUT2D eigenvalue weighted by molar-refractivity contribution is -0.271. The van der Waals surface area contributed by atoms with E-state index < -0.39 is 169 Å². The van der Waals surface area contributed by atoms with Crippen LogP contribution in [-0.2, 0) is 92.4 Å². The van der Waals surface area contributed by atoms with Gasteiger partial charge in [0.05, 0.1) is 94.1 Å². The zero-order valence-corrected chi connectivity index (χ0v) is 68.8. The van der Waals surface area contributed by atoms with Crippen LogP contribution in [-0.4, -0.2) is 302 Å². The summed E-state index contributed by atoms with van der Waals surface area (Å²) in [6.45, 7) is 16.4. The Hall–Kier alpha value is -9.02. The van der Waals surface area contributed by atoms with E-state index in [0.29, 0.717) is 57.2 Å². The number of carbonyl (C=O) groups excluding carboxylic acids is 11. The van der Waals surface area contributed by atoms with Gasteiger partial charge in [-0.15, -0.1) is 0 Å². The summed E-state index contributed by atoms with van der Waals surface area (Å²) in [5, 5.41) is 68.8. The number of carbonyl (C=O) groups is 12. The summed E-state index contributed by atoms with van der Waals surface area (Å²) in [6.07, 6.45) is -9.14. The molecular formula is C79H123N11O26. The van der Waals surface area contributed by atoms with E-state index in [-0.39, 0.29) is 119 Å². The number of rotatable bonds is 50. The van der Waals surface area contributed by atoms with Gasteiger partial charge >= 0.3 is 18.2 Å². The number of nitrogens with zero attached hydrogens (tertiary/aromatic N) is 4. The molecule has 13 N–H and O–H groups in total. The molecule has 5 rings (SSSR count). The van der Waals surface area contributed by atoms with Crippen LogP contribution in [0, 0.1) is 23.7 Å². The minimum atomic E-state index is -2.05. The van der Waals surface area contributed by atoms with Crippen molar-refractivity contribution in [3.05, 3.63) is 71.8 Å². The molecule has 37 heteroatoms. The molecule has 37 nitrogen and oxygen atoms in total. The van der Waals surface area contributed by atoms with Crippen LogP contribution in [0.3, 0.4) is 0 Å². The van der Waals surface area contributed by atoms with Crippen molar-refractivity contribution in [3.8, 4) is 5.75 Å². The van der Waals surface area contributed by atoms with Crippen molar-refractivity contribution in [1.82, 2.24) is 46.2 Å². The van der Waals surface area contributed by atoms with Gasteiger partial charge in [-0.25, -0.2) is 14.4 Å². The number of carboxylic acid groups (broad SMARTS) is 1. The van der Waals surface area contributed by atoms with E-state index in [0.717, 1.165) is 22.0 Å². The molecule has 2 saturated heterocycles. The maximum Gasteiger partial charge on any atom is 0.411 e. The number of aliphatic hydroxyl groups is 4. The number of imide groups is 1. The largest absolute Gasteiger partial charge is 0.479 e. The second kappa shape index (κ2) is 49.3. The van der Waals surface area contributed by atoms with E-state index in [1.54, 1.807) is 77.8 Å². The van der Waals surface area contributed by atoms with Gasteiger partial charge in [0.2, 0.25) is 47.6 Å². The smallest absolute Gasteiger partial charge is 0.411 e. The van der Waals surface area contributed by atoms with Crippen LogP contribution >= 0.6 is 0 Å². The van der Waals surface area contributed by atoms with Gasteiger partial charge in [-0.3, -0.25) is 58.3 Å². The Balaban J connectivity index is 1.12. The molecule has 0 spiro atoms. The fourth-order valence-electron chi connectivity index (χ4n) is 13.9. The second-order valence-electron chi connectivity index (χ2n) is 29.7. The molecule has 0 radical (unpaired) electrons. The number of unbranched alkanes of at least 4 members (excludes halogenated alkanes) is 1. The Morgan fingerprint density at radius 3 is 1.95 bits per heavy atom. The number of carboxylic acids is 1. The number of amides is 11. The summed E-state index contributed by atoms with van der Waals surface area (Å²) < 4.78 is 50.8. The molecule has 0 saturated carbocycles. The van der Waals surface area contributed by atoms with E-state index in [4.69, 9.17) is 48.4 Å². The molecule has 0 aromatic heterocycles. The maximum atomic E-state index is 14.9. The number of aliphatic hydroxyl groups excluding tert-OH is 4. The first-order valence-corrected chi connectivity index (χ1v) is 39.5. The molecule has 3 aliphatic heterocycles. The lowest BCUT2D eigenvalue weighted by Crippen LogP contribution is -2.61. The summed E-state index contributed by atoms with van der Waals surface area (Å²) in [7, 11) is 5.89. The lowest BCUT2D eigenvalue weighted by Gasteiger charge is -2.41. The number of hydrogen-bond acceptors (Lipinski definition) is 26. The monoisotopic (exact) mass is 1640 g/mol. The normalized spacial score (nSPS) is 20.2.